The molecule has 1 heterocycles. The van der Waals surface area contributed by atoms with Crippen molar-refractivity contribution in [3.05, 3.63) is 123 Å². The Labute approximate surface area is 381 Å². The molecule has 1 aliphatic heterocycles. The van der Waals surface area contributed by atoms with Gasteiger partial charge in [-0.1, -0.05) is 12.1 Å². The van der Waals surface area contributed by atoms with Crippen LogP contribution in [0, 0.1) is 10.7 Å². The van der Waals surface area contributed by atoms with Crippen molar-refractivity contribution in [2.24, 2.45) is 0 Å². The second-order valence-corrected chi connectivity index (χ2v) is 15.9. The van der Waals surface area contributed by atoms with Crippen molar-refractivity contribution in [2.45, 2.75) is 6.42 Å². The van der Waals surface area contributed by atoms with Crippen molar-refractivity contribution < 1.29 is 52.9 Å². The van der Waals surface area contributed by atoms with Crippen molar-refractivity contribution in [1.29, 1.82) is 0 Å². The Kier molecular flexibility index (Phi) is 16.4. The molecule has 308 valence electrons. The molecule has 0 unspecified atom stereocenters. The molecule has 6 rings (SSSR count). The van der Waals surface area contributed by atoms with Crippen LogP contribution in [0.1, 0.15) is 15.9 Å². The van der Waals surface area contributed by atoms with Crippen LogP contribution in [0.25, 0.3) is 33.4 Å². The van der Waals surface area contributed by atoms with Crippen molar-refractivity contribution >= 4 is 109 Å². The number of hydrogen-bond acceptors (Lipinski definition) is 12. The van der Waals surface area contributed by atoms with Crippen LogP contribution in [0.5, 0.6) is 23.0 Å². The van der Waals surface area contributed by atoms with Gasteiger partial charge in [0.05, 0.1) is 30.5 Å². The van der Waals surface area contributed by atoms with Gasteiger partial charge in [-0.05, 0) is 146 Å². The minimum Gasteiger partial charge on any atom is -0.508 e. The lowest BCUT2D eigenvalue weighted by Gasteiger charge is -2.15. The first-order chi connectivity index (χ1) is 28.8. The maximum absolute atomic E-state index is 12.8. The molecule has 0 bridgehead atoms. The highest BCUT2D eigenvalue weighted by molar-refractivity contribution is 14.1. The van der Waals surface area contributed by atoms with Crippen LogP contribution in [0.3, 0.4) is 0 Å². The molecule has 2 aliphatic rings. The Morgan fingerprint density at radius 3 is 1.98 bits per heavy atom. The summed E-state index contributed by atoms with van der Waals surface area (Å²) >= 11 is 6.28. The lowest BCUT2D eigenvalue weighted by molar-refractivity contribution is -0.191. The van der Waals surface area contributed by atoms with Crippen molar-refractivity contribution in [3.63, 3.8) is 0 Å². The zero-order valence-corrected chi connectivity index (χ0v) is 37.3. The fourth-order valence-corrected chi connectivity index (χ4v) is 8.20. The highest BCUT2D eigenvalue weighted by Gasteiger charge is 2.19. The Bertz CT molecular complexity index is 2610. The predicted octanol–water partition coefficient (Wildman–Crippen LogP) is 5.25. The summed E-state index contributed by atoms with van der Waals surface area (Å²) in [7, 11) is 0. The van der Waals surface area contributed by atoms with E-state index in [9.17, 15) is 34.2 Å². The predicted molar refractivity (Wildman–Crippen MR) is 240 cm³/mol. The van der Waals surface area contributed by atoms with E-state index in [0.717, 1.165) is 23.8 Å². The highest BCUT2D eigenvalue weighted by Crippen LogP contribution is 2.41. The molecule has 0 spiro atoms. The number of phenols is 2. The number of carbonyl (C=O) groups excluding carboxylic acids is 6. The second-order valence-electron chi connectivity index (χ2n) is 12.4. The van der Waals surface area contributed by atoms with Crippen LogP contribution in [-0.4, -0.2) is 66.5 Å². The van der Waals surface area contributed by atoms with E-state index >= 15 is 0 Å². The van der Waals surface area contributed by atoms with E-state index < -0.39 is 30.9 Å². The van der Waals surface area contributed by atoms with Gasteiger partial charge in [-0.3, -0.25) is 24.0 Å². The Morgan fingerprint density at radius 1 is 0.700 bits per heavy atom. The normalized spacial score (nSPS) is 10.5. The number of nitrogens with one attached hydrogen (secondary N) is 4. The number of phenolic OH excluding ortho intramolecular Hbond substituents is 2. The SMILES string of the molecule is O=C(COCC(=O)NCNC(=O)c1ccc(-c2c3ccc(=O)cc-3oc3cc(O)ccc23)cc1)NCNC(=O)Cc1cc(I)c(Oc2ccc(O)c(I)c2)c(I)c1.O=C=O. The number of halogens is 3. The summed E-state index contributed by atoms with van der Waals surface area (Å²) in [6, 6.07) is 24.6. The zero-order valence-electron chi connectivity index (χ0n) is 30.8. The maximum Gasteiger partial charge on any atom is 0.373 e. The lowest BCUT2D eigenvalue weighted by Crippen LogP contribution is -2.41. The molecule has 16 nitrogen and oxygen atoms in total. The summed E-state index contributed by atoms with van der Waals surface area (Å²) in [6.45, 7) is -1.21. The quantitative estimate of drug-likeness (QED) is 0.0466. The van der Waals surface area contributed by atoms with E-state index in [0.29, 0.717) is 42.9 Å². The molecule has 1 aliphatic carbocycles. The van der Waals surface area contributed by atoms with Gasteiger partial charge in [0.2, 0.25) is 17.7 Å². The molecule has 0 saturated heterocycles. The summed E-state index contributed by atoms with van der Waals surface area (Å²) in [6.07, 6.45) is 0.314. The number of hydrogen-bond donors (Lipinski definition) is 6. The molecule has 0 saturated carbocycles. The number of ether oxygens (including phenoxy) is 2. The summed E-state index contributed by atoms with van der Waals surface area (Å²) < 4.78 is 19.3. The minimum atomic E-state index is -0.564. The number of amides is 4. The fraction of sp³-hybridized carbons (Fsp3) is 0.122. The molecule has 19 heteroatoms. The molecule has 0 atom stereocenters. The average molecular weight is 1150 g/mol. The minimum absolute atomic E-state index is 0.0137. The Morgan fingerprint density at radius 2 is 1.33 bits per heavy atom. The van der Waals surface area contributed by atoms with Crippen molar-refractivity contribution in [2.75, 3.05) is 26.6 Å². The highest BCUT2D eigenvalue weighted by atomic mass is 127. The first-order valence-corrected chi connectivity index (χ1v) is 20.6. The molecule has 0 radical (unpaired) electrons. The molecular formula is C41H31I3N4O12. The molecule has 0 fully saturated rings. The van der Waals surface area contributed by atoms with E-state index in [2.05, 4.69) is 66.4 Å². The van der Waals surface area contributed by atoms with Gasteiger partial charge in [-0.25, -0.2) is 0 Å². The second kappa shape index (κ2) is 21.6. The molecule has 60 heavy (non-hydrogen) atoms. The number of carbonyl (C=O) groups is 4. The molecule has 4 aromatic carbocycles. The van der Waals surface area contributed by atoms with Crippen LogP contribution in [0.15, 0.2) is 100 Å². The number of fused-ring (bicyclic) bond motifs is 2. The first-order valence-electron chi connectivity index (χ1n) is 17.4. The largest absolute Gasteiger partial charge is 0.508 e. The Balaban J connectivity index is 0.00000221. The fourth-order valence-electron chi connectivity index (χ4n) is 5.59. The van der Waals surface area contributed by atoms with Crippen LogP contribution in [-0.2, 0) is 35.1 Å². The topological polar surface area (TPSA) is 240 Å². The zero-order chi connectivity index (χ0) is 43.3. The molecule has 4 aromatic rings. The van der Waals surface area contributed by atoms with Gasteiger partial charge in [0.1, 0.15) is 41.8 Å². The monoisotopic (exact) mass is 1150 g/mol. The first kappa shape index (κ1) is 45.5. The number of rotatable bonds is 14. The van der Waals surface area contributed by atoms with Crippen LogP contribution < -0.4 is 31.4 Å². The summed E-state index contributed by atoms with van der Waals surface area (Å²) in [5.41, 5.74) is 3.45. The van der Waals surface area contributed by atoms with Gasteiger partial charge in [0.25, 0.3) is 5.91 Å². The lowest BCUT2D eigenvalue weighted by atomic mass is 9.93. The third-order valence-corrected chi connectivity index (χ3v) is 10.7. The summed E-state index contributed by atoms with van der Waals surface area (Å²) in [4.78, 5) is 78.0. The van der Waals surface area contributed by atoms with Crippen LogP contribution in [0.2, 0.25) is 0 Å². The maximum atomic E-state index is 12.8. The number of aromatic hydroxyl groups is 2. The molecule has 4 amide bonds. The van der Waals surface area contributed by atoms with E-state index in [1.165, 1.54) is 24.3 Å². The molecule has 6 N–H and O–H groups in total. The van der Waals surface area contributed by atoms with Gasteiger partial charge < -0.3 is 45.4 Å². The molecular weight excluding hydrogens is 1120 g/mol. The van der Waals surface area contributed by atoms with E-state index in [1.807, 2.05) is 34.7 Å². The average Bonchev–Trinajstić information content (AvgIpc) is 3.20. The smallest absolute Gasteiger partial charge is 0.373 e. The standard InChI is InChI=1S/C40H31I3N4O10.CO2/c41-29-16-26(7-10-32(29)50)56-39-30(42)11-21(12-31(39)43)13-35(51)44-19-45-36(52)17-55-18-37(53)46-20-47-40(54)23-3-1-22(2-4-23)38-27-8-5-24(48)14-33(27)57-34-15-25(49)6-9-28(34)38;2-1-3/h1-12,14-16,48,50H,13,17-20H2,(H,44,51)(H,45,52)(H,46,53)(H,47,54);. The van der Waals surface area contributed by atoms with Crippen LogP contribution >= 0.6 is 67.8 Å². The summed E-state index contributed by atoms with van der Waals surface area (Å²) in [5.74, 6) is -0.141. The third kappa shape index (κ3) is 12.5. The number of benzene rings is 5. The van der Waals surface area contributed by atoms with Gasteiger partial charge in [0, 0.05) is 34.2 Å². The van der Waals surface area contributed by atoms with Gasteiger partial charge >= 0.3 is 6.15 Å². The van der Waals surface area contributed by atoms with Crippen molar-refractivity contribution in [3.8, 4) is 45.4 Å². The van der Waals surface area contributed by atoms with Crippen LogP contribution in [0.4, 0.5) is 0 Å². The van der Waals surface area contributed by atoms with E-state index in [-0.39, 0.29) is 48.7 Å². The molecule has 0 aromatic heterocycles. The Hall–Kier alpha value is -5.62. The summed E-state index contributed by atoms with van der Waals surface area (Å²) in [5, 5.41) is 30.7. The van der Waals surface area contributed by atoms with Gasteiger partial charge in [-0.15, -0.1) is 0 Å². The van der Waals surface area contributed by atoms with Gasteiger partial charge in [0.15, 0.2) is 11.2 Å². The van der Waals surface area contributed by atoms with Gasteiger partial charge in [-0.2, -0.15) is 9.59 Å². The van der Waals surface area contributed by atoms with E-state index in [4.69, 9.17) is 23.5 Å². The van der Waals surface area contributed by atoms with E-state index in [1.54, 1.807) is 54.6 Å². The van der Waals surface area contributed by atoms with Crippen molar-refractivity contribution in [1.82, 2.24) is 21.3 Å². The third-order valence-electron chi connectivity index (χ3n) is 8.25.